The number of rotatable bonds is 2. The predicted octanol–water partition coefficient (Wildman–Crippen LogP) is 8.99. The molecule has 57 heavy (non-hydrogen) atoms. The molecular formula is C32H17FN2S22. The average molecular weight is 1150 g/mol. The van der Waals surface area contributed by atoms with Crippen molar-refractivity contribution in [2.24, 2.45) is 0 Å². The van der Waals surface area contributed by atoms with Crippen LogP contribution in [-0.4, -0.2) is 0 Å². The summed E-state index contributed by atoms with van der Waals surface area (Å²) in [6, 6.07) is 36.0. The number of benzene rings is 6. The third-order valence-corrected chi connectivity index (χ3v) is 49.3. The maximum atomic E-state index is 14.6. The van der Waals surface area contributed by atoms with Gasteiger partial charge in [-0.25, -0.2) is 9.24 Å². The summed E-state index contributed by atoms with van der Waals surface area (Å²) in [7, 11) is 34.5. The molecule has 0 aliphatic rings. The van der Waals surface area contributed by atoms with Crippen LogP contribution in [0.15, 0.2) is 103 Å². The number of fused-ring (bicyclic) bond motifs is 3. The zero-order valence-electron chi connectivity index (χ0n) is 27.6. The van der Waals surface area contributed by atoms with Crippen molar-refractivity contribution in [1.29, 1.82) is 5.26 Å². The van der Waals surface area contributed by atoms with Crippen LogP contribution in [0.25, 0.3) is 59.4 Å². The fourth-order valence-electron chi connectivity index (χ4n) is 5.29. The standard InChI is InChI=1S/C32H17FN2.S22/c1-35-29-18-21(17-22(19-34)32(29)33)30-25-12-4-6-14-27(25)31(28-15-7-5-13-26(28)30)24-16-8-10-20-9-2-3-11-23(20)24;1-3-5-7-9-11-13-15-17-19-21-22-20-18-16-14-12-10-8-6-4-2/h2-18H;. The van der Waals surface area contributed by atoms with Gasteiger partial charge in [-0.3, -0.25) is 0 Å². The molecule has 0 heterocycles. The molecule has 0 unspecified atom stereocenters. The number of nitriles is 1. The molecule has 0 fully saturated rings. The van der Waals surface area contributed by atoms with E-state index in [0.717, 1.165) is 38.2 Å². The number of hydrogen-bond donors (Lipinski definition) is 0. The molecule has 0 bridgehead atoms. The molecule has 25 heteroatoms. The van der Waals surface area contributed by atoms with Gasteiger partial charge in [0, 0.05) is 200 Å². The maximum Gasteiger partial charge on any atom is 0.224 e. The smallest absolute Gasteiger partial charge is 0.224 e. The lowest BCUT2D eigenvalue weighted by Crippen LogP contribution is -1.93. The summed E-state index contributed by atoms with van der Waals surface area (Å²) in [5.74, 6) is -0.771. The van der Waals surface area contributed by atoms with E-state index in [9.17, 15) is 9.65 Å². The monoisotopic (exact) mass is 1150 g/mol. The highest BCUT2D eigenvalue weighted by Crippen LogP contribution is 2.46. The van der Waals surface area contributed by atoms with Crippen LogP contribution < -0.4 is 0 Å². The molecule has 0 atom stereocenters. The van der Waals surface area contributed by atoms with Gasteiger partial charge in [0.05, 0.1) is 12.1 Å². The molecule has 6 aromatic rings. The minimum absolute atomic E-state index is 0.125. The van der Waals surface area contributed by atoms with Crippen LogP contribution in [0.1, 0.15) is 5.56 Å². The van der Waals surface area contributed by atoms with Crippen LogP contribution in [0.3, 0.4) is 0 Å². The SMILES string of the molecule is S=S=S=S=S=S=S=S=S=S=S=S=S=S=S=S=S=S=S=S=S=S.[C-]#[N+]c1cc(-c2c3ccccc3c(-c3cccc4ccccc34)c3ccccc23)cc(C#N)c1F. The summed E-state index contributed by atoms with van der Waals surface area (Å²) in [6.45, 7) is 7.44. The van der Waals surface area contributed by atoms with Gasteiger partial charge in [0.1, 0.15) is 11.9 Å². The second-order valence-corrected chi connectivity index (χ2v) is 45.2. The van der Waals surface area contributed by atoms with Crippen LogP contribution in [0.5, 0.6) is 0 Å². The highest BCUT2D eigenvalue weighted by Gasteiger charge is 2.20. The second kappa shape index (κ2) is 27.7. The Morgan fingerprint density at radius 3 is 1.30 bits per heavy atom. The van der Waals surface area contributed by atoms with E-state index in [1.165, 1.54) is 28.5 Å². The number of halogens is 1. The lowest BCUT2D eigenvalue weighted by atomic mass is 9.84. The highest BCUT2D eigenvalue weighted by molar-refractivity contribution is 8.78. The molecule has 0 aromatic heterocycles. The van der Waals surface area contributed by atoms with Crippen molar-refractivity contribution in [3.05, 3.63) is 126 Å². The van der Waals surface area contributed by atoms with Gasteiger partial charge < -0.3 is 0 Å². The summed E-state index contributed by atoms with van der Waals surface area (Å²) < 4.78 is 14.6. The van der Waals surface area contributed by atoms with Gasteiger partial charge >= 0.3 is 0 Å². The molecular weight excluding hydrogens is 1140 g/mol. The molecule has 0 spiro atoms. The zero-order chi connectivity index (χ0) is 40.1. The largest absolute Gasteiger partial charge is 0.235 e. The van der Waals surface area contributed by atoms with E-state index >= 15 is 0 Å². The van der Waals surface area contributed by atoms with Crippen LogP contribution in [-0.2, 0) is 200 Å². The summed E-state index contributed by atoms with van der Waals surface area (Å²) in [4.78, 5) is 3.35. The summed E-state index contributed by atoms with van der Waals surface area (Å²) in [5.41, 5.74) is 3.54. The third kappa shape index (κ3) is 14.5. The number of hydrogen-bond acceptors (Lipinski definition) is 3. The first-order chi connectivity index (χ1) is 28.1. The van der Waals surface area contributed by atoms with E-state index in [2.05, 4.69) is 65.5 Å². The van der Waals surface area contributed by atoms with Crippen LogP contribution >= 0.6 is 0 Å². The van der Waals surface area contributed by atoms with E-state index in [0.29, 0.717) is 5.56 Å². The zero-order valence-corrected chi connectivity index (χ0v) is 45.5. The van der Waals surface area contributed by atoms with Gasteiger partial charge in [-0.05, 0) is 66.7 Å². The van der Waals surface area contributed by atoms with Crippen LogP contribution in [0.4, 0.5) is 10.1 Å². The first kappa shape index (κ1) is 47.9. The topological polar surface area (TPSA) is 28.1 Å². The second-order valence-electron chi connectivity index (χ2n) is 9.81. The summed E-state index contributed by atoms with van der Waals surface area (Å²) in [6.07, 6.45) is 0. The Kier molecular flexibility index (Phi) is 23.3. The molecule has 6 rings (SSSR count). The number of nitrogens with zero attached hydrogens (tertiary/aromatic N) is 2. The Morgan fingerprint density at radius 1 is 0.491 bits per heavy atom. The fourth-order valence-corrected chi connectivity index (χ4v) is 54.7. The van der Waals surface area contributed by atoms with Gasteiger partial charge in [0.2, 0.25) is 5.69 Å². The van der Waals surface area contributed by atoms with Crippen molar-refractivity contribution in [2.45, 2.75) is 0 Å². The Hall–Kier alpha value is -0.150. The first-order valence-corrected chi connectivity index (χ1v) is 42.7. The Labute approximate surface area is 395 Å². The van der Waals surface area contributed by atoms with Crippen molar-refractivity contribution in [2.75, 3.05) is 0 Å². The van der Waals surface area contributed by atoms with Crippen LogP contribution in [0, 0.1) is 23.7 Å². The van der Waals surface area contributed by atoms with Gasteiger partial charge in [-0.2, -0.15) is 5.26 Å². The molecule has 2 nitrogen and oxygen atoms in total. The van der Waals surface area contributed by atoms with Gasteiger partial charge in [0.15, 0.2) is 0 Å². The minimum atomic E-state index is -0.771. The normalized spacial score (nSPS) is 9.60. The van der Waals surface area contributed by atoms with Crippen molar-refractivity contribution < 1.29 is 4.39 Å². The molecule has 294 valence electrons. The maximum absolute atomic E-state index is 14.6. The molecule has 0 radical (unpaired) electrons. The Bertz CT molecular complexity index is 3400. The van der Waals surface area contributed by atoms with E-state index in [1.54, 1.807) is 172 Å². The fraction of sp³-hybridized carbons (Fsp3) is 0. The summed E-state index contributed by atoms with van der Waals surface area (Å²) in [5, 5.41) is 16.0. The van der Waals surface area contributed by atoms with Crippen molar-refractivity contribution >= 4 is 238 Å². The van der Waals surface area contributed by atoms with Crippen LogP contribution in [0.2, 0.25) is 0 Å². The van der Waals surface area contributed by atoms with Crippen molar-refractivity contribution in [1.82, 2.24) is 0 Å². The van der Waals surface area contributed by atoms with E-state index in [1.807, 2.05) is 36.4 Å². The quantitative estimate of drug-likeness (QED) is 0.128. The molecule has 0 saturated heterocycles. The molecule has 0 amide bonds. The predicted molar refractivity (Wildman–Crippen MR) is 303 cm³/mol. The minimum Gasteiger partial charge on any atom is -0.235 e. The van der Waals surface area contributed by atoms with Gasteiger partial charge in [-0.1, -0.05) is 91.0 Å². The van der Waals surface area contributed by atoms with E-state index in [4.69, 9.17) is 28.9 Å². The van der Waals surface area contributed by atoms with Crippen molar-refractivity contribution in [3.63, 3.8) is 0 Å². The third-order valence-electron chi connectivity index (χ3n) is 7.10. The average Bonchev–Trinajstić information content (AvgIpc) is 3.25. The first-order valence-electron chi connectivity index (χ1n) is 14.7. The lowest BCUT2D eigenvalue weighted by molar-refractivity contribution is 0.630. The lowest BCUT2D eigenvalue weighted by Gasteiger charge is -2.19. The highest BCUT2D eigenvalue weighted by atomic mass is 33.5. The molecule has 0 aliphatic carbocycles. The van der Waals surface area contributed by atoms with Gasteiger partial charge in [0.25, 0.3) is 0 Å². The Balaban J connectivity index is 0.000000246. The van der Waals surface area contributed by atoms with E-state index < -0.39 is 5.82 Å². The molecule has 0 aliphatic heterocycles. The van der Waals surface area contributed by atoms with E-state index in [-0.39, 0.29) is 11.3 Å². The molecule has 0 N–H and O–H groups in total. The molecule has 6 aromatic carbocycles. The van der Waals surface area contributed by atoms with Gasteiger partial charge in [-0.15, -0.1) is 0 Å². The van der Waals surface area contributed by atoms with Crippen molar-refractivity contribution in [3.8, 4) is 28.3 Å². The Morgan fingerprint density at radius 2 is 0.877 bits per heavy atom. The summed E-state index contributed by atoms with van der Waals surface area (Å²) >= 11 is 9.53. The molecule has 0 saturated carbocycles.